The van der Waals surface area contributed by atoms with Crippen molar-refractivity contribution < 1.29 is 17.6 Å². The zero-order valence-electron chi connectivity index (χ0n) is 10.7. The Kier molecular flexibility index (Phi) is 3.35. The van der Waals surface area contributed by atoms with Crippen LogP contribution in [0, 0.1) is 5.82 Å². The molecule has 1 fully saturated rings. The summed E-state index contributed by atoms with van der Waals surface area (Å²) in [6, 6.07) is 6.47. The summed E-state index contributed by atoms with van der Waals surface area (Å²) in [6.45, 7) is 0.348. The molecule has 8 heteroatoms. The lowest BCUT2D eigenvalue weighted by Crippen LogP contribution is -2.20. The molecule has 1 aromatic heterocycles. The first-order valence-corrected chi connectivity index (χ1v) is 7.12. The molecule has 1 saturated carbocycles. The predicted molar refractivity (Wildman–Crippen MR) is 70.7 cm³/mol. The van der Waals surface area contributed by atoms with E-state index >= 15 is 0 Å². The summed E-state index contributed by atoms with van der Waals surface area (Å²) >= 11 is 0.456. The van der Waals surface area contributed by atoms with Crippen molar-refractivity contribution in [3.8, 4) is 0 Å². The zero-order chi connectivity index (χ0) is 15.1. The summed E-state index contributed by atoms with van der Waals surface area (Å²) in [5.74, 6) is -0.287. The van der Waals surface area contributed by atoms with Gasteiger partial charge in [0.25, 0.3) is 0 Å². The smallest absolute Gasteiger partial charge is 0.359 e. The Morgan fingerprint density at radius 1 is 1.19 bits per heavy atom. The van der Waals surface area contributed by atoms with Crippen LogP contribution >= 0.6 is 11.3 Å². The standard InChI is InChI=1S/C13H11F4N3S/c14-9-4-2-1-3-8(9)12(5-6-12)7-18-11-20-19-10(21-11)13(15,16)17/h1-4H,5-7H2,(H,18,20). The van der Waals surface area contributed by atoms with Gasteiger partial charge in [-0.25, -0.2) is 4.39 Å². The molecule has 2 aromatic rings. The number of benzene rings is 1. The second kappa shape index (κ2) is 4.94. The number of anilines is 1. The fourth-order valence-electron chi connectivity index (χ4n) is 2.24. The van der Waals surface area contributed by atoms with Gasteiger partial charge in [-0.1, -0.05) is 29.5 Å². The SMILES string of the molecule is Fc1ccccc1C1(CNc2nnc(C(F)(F)F)s2)CC1. The fraction of sp³-hybridized carbons (Fsp3) is 0.385. The Balaban J connectivity index is 1.71. The molecule has 1 N–H and O–H groups in total. The normalized spacial score (nSPS) is 16.8. The molecular formula is C13H11F4N3S. The van der Waals surface area contributed by atoms with Crippen LogP contribution in [0.15, 0.2) is 24.3 Å². The number of hydrogen-bond donors (Lipinski definition) is 1. The van der Waals surface area contributed by atoms with Gasteiger partial charge in [0, 0.05) is 12.0 Å². The van der Waals surface area contributed by atoms with Crippen LogP contribution in [-0.2, 0) is 11.6 Å². The van der Waals surface area contributed by atoms with Gasteiger partial charge in [0.05, 0.1) is 0 Å². The van der Waals surface area contributed by atoms with E-state index in [2.05, 4.69) is 15.5 Å². The van der Waals surface area contributed by atoms with Crippen LogP contribution in [0.4, 0.5) is 22.7 Å². The maximum Gasteiger partial charge on any atom is 0.445 e. The van der Waals surface area contributed by atoms with Crippen molar-refractivity contribution in [3.63, 3.8) is 0 Å². The number of aromatic nitrogens is 2. The molecule has 1 aliphatic carbocycles. The lowest BCUT2D eigenvalue weighted by atomic mass is 9.95. The molecule has 0 saturated heterocycles. The highest BCUT2D eigenvalue weighted by Gasteiger charge is 2.46. The van der Waals surface area contributed by atoms with Gasteiger partial charge < -0.3 is 5.32 Å². The Hall–Kier alpha value is -1.70. The lowest BCUT2D eigenvalue weighted by Gasteiger charge is -2.16. The van der Waals surface area contributed by atoms with Crippen LogP contribution in [0.5, 0.6) is 0 Å². The number of hydrogen-bond acceptors (Lipinski definition) is 4. The highest BCUT2D eigenvalue weighted by molar-refractivity contribution is 7.15. The molecular weight excluding hydrogens is 306 g/mol. The Morgan fingerprint density at radius 2 is 1.90 bits per heavy atom. The molecule has 1 aromatic carbocycles. The number of rotatable bonds is 4. The number of alkyl halides is 3. The van der Waals surface area contributed by atoms with Gasteiger partial charge in [0.2, 0.25) is 10.1 Å². The fourth-order valence-corrected chi connectivity index (χ4v) is 2.84. The van der Waals surface area contributed by atoms with E-state index in [1.165, 1.54) is 6.07 Å². The monoisotopic (exact) mass is 317 g/mol. The topological polar surface area (TPSA) is 37.8 Å². The van der Waals surface area contributed by atoms with Crippen molar-refractivity contribution in [3.05, 3.63) is 40.7 Å². The van der Waals surface area contributed by atoms with Crippen LogP contribution in [0.1, 0.15) is 23.4 Å². The quantitative estimate of drug-likeness (QED) is 0.871. The highest BCUT2D eigenvalue weighted by atomic mass is 32.1. The summed E-state index contributed by atoms with van der Waals surface area (Å²) in [4.78, 5) is 0. The second-order valence-corrected chi connectivity index (χ2v) is 6.00. The van der Waals surface area contributed by atoms with E-state index < -0.39 is 11.2 Å². The molecule has 0 aliphatic heterocycles. The van der Waals surface area contributed by atoms with E-state index in [9.17, 15) is 17.6 Å². The van der Waals surface area contributed by atoms with Crippen molar-refractivity contribution in [2.24, 2.45) is 0 Å². The van der Waals surface area contributed by atoms with Crippen molar-refractivity contribution >= 4 is 16.5 Å². The molecule has 3 nitrogen and oxygen atoms in total. The second-order valence-electron chi connectivity index (χ2n) is 5.02. The Bertz CT molecular complexity index is 649. The van der Waals surface area contributed by atoms with Crippen molar-refractivity contribution in [2.45, 2.75) is 24.4 Å². The molecule has 0 unspecified atom stereocenters. The molecule has 0 radical (unpaired) electrons. The summed E-state index contributed by atoms with van der Waals surface area (Å²) in [6.07, 6.45) is -2.89. The third-order valence-corrected chi connectivity index (χ3v) is 4.47. The van der Waals surface area contributed by atoms with E-state index in [1.807, 2.05) is 0 Å². The van der Waals surface area contributed by atoms with Gasteiger partial charge in [-0.2, -0.15) is 13.2 Å². The van der Waals surface area contributed by atoms with Crippen LogP contribution in [0.2, 0.25) is 0 Å². The molecule has 1 heterocycles. The molecule has 112 valence electrons. The first-order chi connectivity index (χ1) is 9.91. The van der Waals surface area contributed by atoms with Gasteiger partial charge in [-0.05, 0) is 24.5 Å². The summed E-state index contributed by atoms with van der Waals surface area (Å²) < 4.78 is 51.1. The molecule has 0 spiro atoms. The van der Waals surface area contributed by atoms with E-state index in [1.54, 1.807) is 18.2 Å². The maximum absolute atomic E-state index is 13.8. The predicted octanol–water partition coefficient (Wildman–Crippen LogP) is 3.84. The van der Waals surface area contributed by atoms with Crippen LogP contribution in [0.25, 0.3) is 0 Å². The molecule has 3 rings (SSSR count). The zero-order valence-corrected chi connectivity index (χ0v) is 11.6. The molecule has 0 amide bonds. The third kappa shape index (κ3) is 2.85. The van der Waals surface area contributed by atoms with Gasteiger partial charge >= 0.3 is 6.18 Å². The van der Waals surface area contributed by atoms with E-state index in [-0.39, 0.29) is 16.4 Å². The number of halogens is 4. The molecule has 1 aliphatic rings. The van der Waals surface area contributed by atoms with E-state index in [0.717, 1.165) is 12.8 Å². The lowest BCUT2D eigenvalue weighted by molar-refractivity contribution is -0.138. The van der Waals surface area contributed by atoms with E-state index in [0.29, 0.717) is 23.4 Å². The minimum atomic E-state index is -4.49. The van der Waals surface area contributed by atoms with Crippen molar-refractivity contribution in [1.29, 1.82) is 0 Å². The number of nitrogens with zero attached hydrogens (tertiary/aromatic N) is 2. The highest BCUT2D eigenvalue weighted by Crippen LogP contribution is 2.49. The van der Waals surface area contributed by atoms with Crippen LogP contribution < -0.4 is 5.32 Å². The molecule has 0 bridgehead atoms. The van der Waals surface area contributed by atoms with E-state index in [4.69, 9.17) is 0 Å². The average molecular weight is 317 g/mol. The first kappa shape index (κ1) is 14.2. The number of nitrogens with one attached hydrogen (secondary N) is 1. The minimum Gasteiger partial charge on any atom is -0.359 e. The Labute approximate surface area is 122 Å². The summed E-state index contributed by atoms with van der Waals surface area (Å²) in [5.41, 5.74) is 0.244. The van der Waals surface area contributed by atoms with Crippen LogP contribution in [0.3, 0.4) is 0 Å². The third-order valence-electron chi connectivity index (χ3n) is 3.54. The van der Waals surface area contributed by atoms with Crippen LogP contribution in [-0.4, -0.2) is 16.7 Å². The minimum absolute atomic E-state index is 0.102. The average Bonchev–Trinajstić information content (AvgIpc) is 3.04. The van der Waals surface area contributed by atoms with Gasteiger partial charge in [-0.15, -0.1) is 10.2 Å². The first-order valence-electron chi connectivity index (χ1n) is 6.30. The maximum atomic E-state index is 13.8. The Morgan fingerprint density at radius 3 is 2.48 bits per heavy atom. The van der Waals surface area contributed by atoms with Crippen molar-refractivity contribution in [2.75, 3.05) is 11.9 Å². The molecule has 21 heavy (non-hydrogen) atoms. The molecule has 0 atom stereocenters. The largest absolute Gasteiger partial charge is 0.445 e. The van der Waals surface area contributed by atoms with Gasteiger partial charge in [0.1, 0.15) is 5.82 Å². The van der Waals surface area contributed by atoms with Gasteiger partial charge in [0.15, 0.2) is 0 Å². The van der Waals surface area contributed by atoms with Gasteiger partial charge in [-0.3, -0.25) is 0 Å². The summed E-state index contributed by atoms with van der Waals surface area (Å²) in [5, 5.41) is 8.54. The van der Waals surface area contributed by atoms with Crippen molar-refractivity contribution in [1.82, 2.24) is 10.2 Å². The summed E-state index contributed by atoms with van der Waals surface area (Å²) in [7, 11) is 0.